The maximum Gasteiger partial charge on any atom is 0.274 e. The number of pyridine rings is 2. The number of nitrogens with one attached hydrogen (secondary N) is 1. The predicted molar refractivity (Wildman–Crippen MR) is 112 cm³/mol. The molecule has 0 amide bonds. The fourth-order valence-corrected chi connectivity index (χ4v) is 4.07. The molecule has 0 bridgehead atoms. The Morgan fingerprint density at radius 1 is 1.29 bits per heavy atom. The van der Waals surface area contributed by atoms with Crippen molar-refractivity contribution in [2.24, 2.45) is 7.05 Å². The van der Waals surface area contributed by atoms with Gasteiger partial charge in [0, 0.05) is 38.9 Å². The van der Waals surface area contributed by atoms with E-state index >= 15 is 0 Å². The van der Waals surface area contributed by atoms with E-state index in [4.69, 9.17) is 4.74 Å². The van der Waals surface area contributed by atoms with Gasteiger partial charge in [0.1, 0.15) is 11.5 Å². The van der Waals surface area contributed by atoms with Gasteiger partial charge in [0.2, 0.25) is 0 Å². The molecule has 28 heavy (non-hydrogen) atoms. The van der Waals surface area contributed by atoms with Crippen LogP contribution in [0.3, 0.4) is 0 Å². The van der Waals surface area contributed by atoms with Gasteiger partial charge in [0.05, 0.1) is 31.1 Å². The first-order valence-corrected chi connectivity index (χ1v) is 10.0. The zero-order valence-electron chi connectivity index (χ0n) is 16.9. The number of aromatic nitrogens is 2. The van der Waals surface area contributed by atoms with Crippen molar-refractivity contribution in [2.45, 2.75) is 32.4 Å². The minimum absolute atomic E-state index is 0.0568. The summed E-state index contributed by atoms with van der Waals surface area (Å²) in [6.45, 7) is 9.10. The molecular formula is C21H29N5O2. The summed E-state index contributed by atoms with van der Waals surface area (Å²) in [5.41, 5.74) is 2.66. The largest absolute Gasteiger partial charge is 0.378 e. The van der Waals surface area contributed by atoms with E-state index in [1.54, 1.807) is 11.6 Å². The molecule has 2 aromatic rings. The first kappa shape index (κ1) is 19.0. The van der Waals surface area contributed by atoms with E-state index in [0.717, 1.165) is 50.5 Å². The predicted octanol–water partition coefficient (Wildman–Crippen LogP) is 2.13. The molecule has 0 aromatic carbocycles. The monoisotopic (exact) mass is 383 g/mol. The van der Waals surface area contributed by atoms with Gasteiger partial charge in [-0.25, -0.2) is 4.98 Å². The van der Waals surface area contributed by atoms with Crippen LogP contribution in [0, 0.1) is 6.92 Å². The molecule has 0 radical (unpaired) electrons. The van der Waals surface area contributed by atoms with Gasteiger partial charge >= 0.3 is 0 Å². The lowest BCUT2D eigenvalue weighted by molar-refractivity contribution is -0.0698. The van der Waals surface area contributed by atoms with Crippen LogP contribution in [0.2, 0.25) is 0 Å². The third-order valence-corrected chi connectivity index (χ3v) is 5.78. The van der Waals surface area contributed by atoms with Gasteiger partial charge in [-0.15, -0.1) is 0 Å². The Balaban J connectivity index is 1.46. The summed E-state index contributed by atoms with van der Waals surface area (Å²) in [5.74, 6) is 0.685. The van der Waals surface area contributed by atoms with E-state index < -0.39 is 0 Å². The van der Waals surface area contributed by atoms with Crippen molar-refractivity contribution in [3.63, 3.8) is 0 Å². The number of rotatable bonds is 5. The summed E-state index contributed by atoms with van der Waals surface area (Å²) in [7, 11) is 1.76. The van der Waals surface area contributed by atoms with Crippen LogP contribution in [-0.2, 0) is 11.8 Å². The number of aryl methyl sites for hydroxylation is 2. The lowest BCUT2D eigenvalue weighted by Crippen LogP contribution is -2.60. The molecule has 1 N–H and O–H groups in total. The number of nitrogens with zero attached hydrogens (tertiary/aromatic N) is 4. The zero-order chi connectivity index (χ0) is 19.7. The highest BCUT2D eigenvalue weighted by molar-refractivity contribution is 5.58. The van der Waals surface area contributed by atoms with Crippen molar-refractivity contribution in [1.82, 2.24) is 14.5 Å². The quantitative estimate of drug-likeness (QED) is 0.854. The van der Waals surface area contributed by atoms with E-state index in [1.165, 1.54) is 0 Å². The molecule has 4 rings (SSSR count). The van der Waals surface area contributed by atoms with Crippen molar-refractivity contribution in [3.05, 3.63) is 46.5 Å². The second-order valence-electron chi connectivity index (χ2n) is 7.82. The highest BCUT2D eigenvalue weighted by Crippen LogP contribution is 2.25. The van der Waals surface area contributed by atoms with Crippen molar-refractivity contribution in [2.75, 3.05) is 43.1 Å². The number of hydrogen-bond acceptors (Lipinski definition) is 6. The molecule has 0 unspecified atom stereocenters. The van der Waals surface area contributed by atoms with E-state index in [2.05, 4.69) is 33.1 Å². The van der Waals surface area contributed by atoms with Gasteiger partial charge in [-0.1, -0.05) is 6.92 Å². The number of piperazine rings is 1. The molecule has 0 spiro atoms. The second kappa shape index (κ2) is 7.93. The van der Waals surface area contributed by atoms with Gasteiger partial charge in [-0.05, 0) is 37.1 Å². The van der Waals surface area contributed by atoms with Crippen LogP contribution >= 0.6 is 0 Å². The number of anilines is 3. The van der Waals surface area contributed by atoms with Crippen molar-refractivity contribution < 1.29 is 4.74 Å². The van der Waals surface area contributed by atoms with Crippen molar-refractivity contribution in [3.8, 4) is 0 Å². The van der Waals surface area contributed by atoms with Crippen LogP contribution in [0.4, 0.5) is 17.2 Å². The van der Waals surface area contributed by atoms with Crippen LogP contribution in [0.25, 0.3) is 0 Å². The fraction of sp³-hybridized carbons (Fsp3) is 0.524. The van der Waals surface area contributed by atoms with Gasteiger partial charge < -0.3 is 19.5 Å². The maximum atomic E-state index is 12.3. The molecule has 4 heterocycles. The molecule has 0 aliphatic carbocycles. The van der Waals surface area contributed by atoms with Gasteiger partial charge in [-0.2, -0.15) is 0 Å². The van der Waals surface area contributed by atoms with Crippen LogP contribution in [-0.4, -0.2) is 59.4 Å². The van der Waals surface area contributed by atoms with Crippen LogP contribution in [0.5, 0.6) is 0 Å². The lowest BCUT2D eigenvalue weighted by atomic mass is 10.1. The standard InChI is InChI=1S/C21H29N5O2/c1-4-16-12-25(18-13-28-14-18)7-8-26(16)17-5-6-20(22-10-17)23-19-9-15(2)11-24(3)21(19)27/h5-6,9-11,16,18H,4,7-8,12-14H2,1-3H3,(H,22,23)/t16-/m0/s1. The Bertz CT molecular complexity index is 875. The minimum atomic E-state index is -0.0568. The van der Waals surface area contributed by atoms with E-state index in [9.17, 15) is 4.79 Å². The summed E-state index contributed by atoms with van der Waals surface area (Å²) < 4.78 is 6.95. The highest BCUT2D eigenvalue weighted by Gasteiger charge is 2.33. The summed E-state index contributed by atoms with van der Waals surface area (Å²) in [6, 6.07) is 6.99. The van der Waals surface area contributed by atoms with Gasteiger partial charge in [0.15, 0.2) is 0 Å². The summed E-state index contributed by atoms with van der Waals surface area (Å²) >= 11 is 0. The summed E-state index contributed by atoms with van der Waals surface area (Å²) in [4.78, 5) is 21.9. The molecule has 2 fully saturated rings. The number of ether oxygens (including phenoxy) is 1. The van der Waals surface area contributed by atoms with E-state index in [0.29, 0.717) is 23.6 Å². The molecular weight excluding hydrogens is 354 g/mol. The minimum Gasteiger partial charge on any atom is -0.378 e. The Labute approximate surface area is 165 Å². The van der Waals surface area contributed by atoms with Crippen LogP contribution in [0.15, 0.2) is 35.4 Å². The molecule has 2 saturated heterocycles. The number of hydrogen-bond donors (Lipinski definition) is 1. The molecule has 2 aliphatic rings. The SMILES string of the molecule is CC[C@H]1CN(C2COC2)CCN1c1ccc(Nc2cc(C)cn(C)c2=O)nc1. The molecule has 2 aliphatic heterocycles. The summed E-state index contributed by atoms with van der Waals surface area (Å²) in [6.07, 6.45) is 4.83. The zero-order valence-corrected chi connectivity index (χ0v) is 16.9. The third kappa shape index (κ3) is 3.77. The molecule has 7 heteroatoms. The fourth-order valence-electron chi connectivity index (χ4n) is 4.07. The maximum absolute atomic E-state index is 12.3. The molecule has 1 atom stereocenters. The molecule has 7 nitrogen and oxygen atoms in total. The molecule has 2 aromatic heterocycles. The Morgan fingerprint density at radius 2 is 2.11 bits per heavy atom. The smallest absolute Gasteiger partial charge is 0.274 e. The van der Waals surface area contributed by atoms with Crippen LogP contribution < -0.4 is 15.8 Å². The van der Waals surface area contributed by atoms with Crippen LogP contribution in [0.1, 0.15) is 18.9 Å². The average Bonchev–Trinajstić information content (AvgIpc) is 2.65. The van der Waals surface area contributed by atoms with Crippen molar-refractivity contribution >= 4 is 17.2 Å². The molecule has 0 saturated carbocycles. The lowest BCUT2D eigenvalue weighted by Gasteiger charge is -2.47. The van der Waals surface area contributed by atoms with Gasteiger partial charge in [-0.3, -0.25) is 9.69 Å². The van der Waals surface area contributed by atoms with E-state index in [-0.39, 0.29) is 5.56 Å². The normalized spacial score (nSPS) is 20.8. The second-order valence-corrected chi connectivity index (χ2v) is 7.82. The molecule has 150 valence electrons. The Hall–Kier alpha value is -2.38. The first-order valence-electron chi connectivity index (χ1n) is 10.0. The Morgan fingerprint density at radius 3 is 2.75 bits per heavy atom. The third-order valence-electron chi connectivity index (χ3n) is 5.78. The average molecular weight is 383 g/mol. The summed E-state index contributed by atoms with van der Waals surface area (Å²) in [5, 5.41) is 3.16. The topological polar surface area (TPSA) is 62.6 Å². The first-order chi connectivity index (χ1) is 13.5. The van der Waals surface area contributed by atoms with Crippen molar-refractivity contribution in [1.29, 1.82) is 0 Å². The van der Waals surface area contributed by atoms with E-state index in [1.807, 2.05) is 31.5 Å². The van der Waals surface area contributed by atoms with Gasteiger partial charge in [0.25, 0.3) is 5.56 Å². The highest BCUT2D eigenvalue weighted by atomic mass is 16.5. The Kier molecular flexibility index (Phi) is 5.37.